The minimum atomic E-state index is -2.22. The van der Waals surface area contributed by atoms with Crippen LogP contribution in [0.1, 0.15) is 73.4 Å². The quantitative estimate of drug-likeness (QED) is 0.379. The fourth-order valence-electron chi connectivity index (χ4n) is 3.12. The molecule has 0 unspecified atom stereocenters. The van der Waals surface area contributed by atoms with E-state index in [1.807, 2.05) is 0 Å². The zero-order valence-corrected chi connectivity index (χ0v) is 23.1. The van der Waals surface area contributed by atoms with Crippen LogP contribution in [0.2, 0.25) is 36.3 Å². The molecule has 4 nitrogen and oxygen atoms in total. The summed E-state index contributed by atoms with van der Waals surface area (Å²) in [6, 6.07) is 10.5. The minimum Gasteiger partial charge on any atom is -0.541 e. The van der Waals surface area contributed by atoms with Gasteiger partial charge in [-0.1, -0.05) is 65.8 Å². The van der Waals surface area contributed by atoms with Crippen LogP contribution in [0, 0.1) is 0 Å². The highest BCUT2D eigenvalue weighted by Gasteiger charge is 2.43. The van der Waals surface area contributed by atoms with Gasteiger partial charge in [0, 0.05) is 22.3 Å². The average Bonchev–Trinajstić information content (AvgIpc) is 2.65. The first kappa shape index (κ1) is 24.5. The van der Waals surface area contributed by atoms with Gasteiger partial charge in [-0.2, -0.15) is 0 Å². The predicted molar refractivity (Wildman–Crippen MR) is 135 cm³/mol. The Bertz CT molecular complexity index is 1000. The molecule has 0 saturated carbocycles. The van der Waals surface area contributed by atoms with E-state index in [1.54, 1.807) is 36.4 Å². The molecular weight excluding hydrogens is 432 g/mol. The smallest absolute Gasteiger partial charge is 0.250 e. The Morgan fingerprint density at radius 2 is 0.906 bits per heavy atom. The highest BCUT2D eigenvalue weighted by Crippen LogP contribution is 2.45. The number of hydrogen-bond donors (Lipinski definition) is 0. The summed E-state index contributed by atoms with van der Waals surface area (Å²) in [6.45, 7) is 21.8. The molecule has 2 aromatic carbocycles. The first-order valence-electron chi connectivity index (χ1n) is 11.2. The summed E-state index contributed by atoms with van der Waals surface area (Å²) >= 11 is 0. The van der Waals surface area contributed by atoms with Crippen molar-refractivity contribution in [1.82, 2.24) is 0 Å². The lowest BCUT2D eigenvalue weighted by atomic mass is 9.84. The third-order valence-corrected chi connectivity index (χ3v) is 16.0. The van der Waals surface area contributed by atoms with E-state index in [9.17, 15) is 9.59 Å². The van der Waals surface area contributed by atoms with Crippen LogP contribution in [0.5, 0.6) is 11.5 Å². The topological polar surface area (TPSA) is 52.6 Å². The Morgan fingerprint density at radius 3 is 1.19 bits per heavy atom. The first-order chi connectivity index (χ1) is 14.5. The average molecular weight is 469 g/mol. The van der Waals surface area contributed by atoms with E-state index >= 15 is 0 Å². The van der Waals surface area contributed by atoms with Crippen LogP contribution in [-0.2, 0) is 0 Å². The second-order valence-corrected chi connectivity index (χ2v) is 21.2. The van der Waals surface area contributed by atoms with Crippen LogP contribution in [-0.4, -0.2) is 28.2 Å². The zero-order chi connectivity index (χ0) is 24.3. The lowest BCUT2D eigenvalue weighted by Crippen LogP contribution is -2.46. The number of benzene rings is 2. The first-order valence-corrected chi connectivity index (χ1v) is 17.0. The maximum absolute atomic E-state index is 13.3. The van der Waals surface area contributed by atoms with Crippen molar-refractivity contribution in [1.29, 1.82) is 0 Å². The van der Waals surface area contributed by atoms with Gasteiger partial charge in [-0.3, -0.25) is 9.59 Å². The number of ketones is 2. The maximum atomic E-state index is 13.3. The van der Waals surface area contributed by atoms with E-state index in [4.69, 9.17) is 8.85 Å². The number of fused-ring (bicyclic) bond motifs is 2. The van der Waals surface area contributed by atoms with E-state index < -0.39 is 16.6 Å². The number of hydrogen-bond acceptors (Lipinski definition) is 4. The molecule has 0 saturated heterocycles. The Kier molecular flexibility index (Phi) is 5.88. The molecule has 172 valence electrons. The molecular formula is C26H36O4Si2. The lowest BCUT2D eigenvalue weighted by Gasteiger charge is -2.40. The van der Waals surface area contributed by atoms with Gasteiger partial charge in [0.2, 0.25) is 0 Å². The van der Waals surface area contributed by atoms with Crippen molar-refractivity contribution in [3.8, 4) is 11.5 Å². The van der Waals surface area contributed by atoms with Crippen LogP contribution in [0.3, 0.4) is 0 Å². The molecule has 0 spiro atoms. The van der Waals surface area contributed by atoms with E-state index in [0.717, 1.165) is 0 Å². The Hall–Kier alpha value is -2.19. The standard InChI is InChI=1S/C26H36O4Si2/c1-25(2,3)31(7,8)29-21-15-19-20(16-22(21)30-32(9,10)26(4,5)6)24(28)18-14-12-11-13-17(18)23(19)27/h11-16H,1-10H3. The SMILES string of the molecule is CC(C)(C)[Si](C)(C)Oc1cc2c(cc1O[Si](C)(C)C(C)(C)C)C(=O)c1ccccc1C2=O. The molecule has 0 bridgehead atoms. The molecule has 2 aromatic rings. The van der Waals surface area contributed by atoms with Crippen LogP contribution in [0.15, 0.2) is 36.4 Å². The minimum absolute atomic E-state index is 0.0242. The van der Waals surface area contributed by atoms with Gasteiger partial charge in [-0.25, -0.2) is 0 Å². The normalized spacial score (nSPS) is 14.7. The molecule has 6 heteroatoms. The molecule has 1 aliphatic rings. The van der Waals surface area contributed by atoms with Crippen molar-refractivity contribution in [2.45, 2.75) is 77.8 Å². The molecule has 0 N–H and O–H groups in total. The molecule has 0 amide bonds. The summed E-state index contributed by atoms with van der Waals surface area (Å²) < 4.78 is 13.3. The summed E-state index contributed by atoms with van der Waals surface area (Å²) in [4.78, 5) is 26.6. The molecule has 0 fully saturated rings. The van der Waals surface area contributed by atoms with Crippen LogP contribution < -0.4 is 8.85 Å². The van der Waals surface area contributed by atoms with Gasteiger partial charge < -0.3 is 8.85 Å². The monoisotopic (exact) mass is 468 g/mol. The fraction of sp³-hybridized carbons (Fsp3) is 0.462. The lowest BCUT2D eigenvalue weighted by molar-refractivity contribution is 0.0978. The second kappa shape index (κ2) is 7.70. The predicted octanol–water partition coefficient (Wildman–Crippen LogP) is 7.23. The van der Waals surface area contributed by atoms with Gasteiger partial charge in [0.15, 0.2) is 11.6 Å². The number of rotatable bonds is 4. The molecule has 0 aromatic heterocycles. The molecule has 0 radical (unpaired) electrons. The molecule has 0 atom stereocenters. The summed E-state index contributed by atoms with van der Waals surface area (Å²) in [6.07, 6.45) is 0. The highest BCUT2D eigenvalue weighted by atomic mass is 28.4. The van der Waals surface area contributed by atoms with Gasteiger partial charge in [0.1, 0.15) is 11.5 Å². The maximum Gasteiger partial charge on any atom is 0.250 e. The molecule has 1 aliphatic carbocycles. The third-order valence-electron chi connectivity index (χ3n) is 7.33. The largest absolute Gasteiger partial charge is 0.541 e. The second-order valence-electron chi connectivity index (χ2n) is 11.8. The molecule has 32 heavy (non-hydrogen) atoms. The Labute approximate surface area is 194 Å². The third kappa shape index (κ3) is 4.22. The van der Waals surface area contributed by atoms with Gasteiger partial charge in [-0.15, -0.1) is 0 Å². The fourth-order valence-corrected chi connectivity index (χ4v) is 5.15. The highest BCUT2D eigenvalue weighted by molar-refractivity contribution is 6.75. The number of carbonyl (C=O) groups is 2. The van der Waals surface area contributed by atoms with Crippen molar-refractivity contribution >= 4 is 28.2 Å². The van der Waals surface area contributed by atoms with Crippen molar-refractivity contribution in [2.24, 2.45) is 0 Å². The van der Waals surface area contributed by atoms with Gasteiger partial charge in [-0.05, 0) is 48.4 Å². The molecule has 3 rings (SSSR count). The van der Waals surface area contributed by atoms with E-state index in [-0.39, 0.29) is 21.6 Å². The Balaban J connectivity index is 2.21. The van der Waals surface area contributed by atoms with Crippen molar-refractivity contribution in [3.05, 3.63) is 58.7 Å². The summed E-state index contributed by atoms with van der Waals surface area (Å²) in [5.41, 5.74) is 1.68. The van der Waals surface area contributed by atoms with E-state index in [0.29, 0.717) is 33.8 Å². The van der Waals surface area contributed by atoms with E-state index in [2.05, 4.69) is 67.7 Å². The van der Waals surface area contributed by atoms with Crippen molar-refractivity contribution in [2.75, 3.05) is 0 Å². The molecule has 0 heterocycles. The number of carbonyl (C=O) groups excluding carboxylic acids is 2. The Morgan fingerprint density at radius 1 is 0.594 bits per heavy atom. The van der Waals surface area contributed by atoms with Crippen LogP contribution in [0.25, 0.3) is 0 Å². The summed E-state index contributed by atoms with van der Waals surface area (Å²) in [5.74, 6) is 0.852. The molecule has 0 aliphatic heterocycles. The van der Waals surface area contributed by atoms with Gasteiger partial charge in [0.25, 0.3) is 16.6 Å². The van der Waals surface area contributed by atoms with Crippen molar-refractivity contribution in [3.63, 3.8) is 0 Å². The van der Waals surface area contributed by atoms with Crippen molar-refractivity contribution < 1.29 is 18.4 Å². The van der Waals surface area contributed by atoms with Gasteiger partial charge in [0.05, 0.1) is 0 Å². The van der Waals surface area contributed by atoms with E-state index in [1.165, 1.54) is 0 Å². The zero-order valence-electron chi connectivity index (χ0n) is 21.1. The summed E-state index contributed by atoms with van der Waals surface area (Å²) in [5, 5.41) is -0.0485. The van der Waals surface area contributed by atoms with Crippen LogP contribution >= 0.6 is 0 Å². The summed E-state index contributed by atoms with van der Waals surface area (Å²) in [7, 11) is -4.43. The van der Waals surface area contributed by atoms with Gasteiger partial charge >= 0.3 is 0 Å². The van der Waals surface area contributed by atoms with Crippen LogP contribution in [0.4, 0.5) is 0 Å².